The van der Waals surface area contributed by atoms with Crippen LogP contribution in [0.25, 0.3) is 0 Å². The molecule has 1 aliphatic heterocycles. The molecular weight excluding hydrogens is 306 g/mol. The number of carbonyl (C=O) groups excluding carboxylic acids is 3. The standard InChI is InChI=1S/C18H25N3O3/c1-4-20(5-2)15(22)13-21-16(23)18(3,19-17(21)24)12-11-14-9-7-6-8-10-14/h6-10H,4-5,11-13H2,1-3H3,(H,19,24)/t18-/m1/s1. The van der Waals surface area contributed by atoms with E-state index in [9.17, 15) is 14.4 Å². The van der Waals surface area contributed by atoms with Crippen molar-refractivity contribution in [3.63, 3.8) is 0 Å². The maximum Gasteiger partial charge on any atom is 0.325 e. The van der Waals surface area contributed by atoms with Crippen LogP contribution in [0.15, 0.2) is 30.3 Å². The van der Waals surface area contributed by atoms with Crippen molar-refractivity contribution in [1.29, 1.82) is 0 Å². The van der Waals surface area contributed by atoms with Gasteiger partial charge in [-0.3, -0.25) is 14.5 Å². The van der Waals surface area contributed by atoms with Gasteiger partial charge in [0.25, 0.3) is 5.91 Å². The fourth-order valence-electron chi connectivity index (χ4n) is 2.91. The lowest BCUT2D eigenvalue weighted by atomic mass is 9.93. The first-order valence-corrected chi connectivity index (χ1v) is 8.37. The molecule has 1 fully saturated rings. The maximum atomic E-state index is 12.7. The zero-order valence-electron chi connectivity index (χ0n) is 14.5. The molecule has 1 saturated heterocycles. The van der Waals surface area contributed by atoms with Crippen molar-refractivity contribution in [2.75, 3.05) is 19.6 Å². The quantitative estimate of drug-likeness (QED) is 0.775. The Balaban J connectivity index is 2.03. The van der Waals surface area contributed by atoms with Crippen molar-refractivity contribution >= 4 is 17.8 Å². The Morgan fingerprint density at radius 1 is 1.17 bits per heavy atom. The van der Waals surface area contributed by atoms with E-state index in [1.807, 2.05) is 44.2 Å². The molecule has 1 aromatic rings. The van der Waals surface area contributed by atoms with Crippen molar-refractivity contribution in [2.24, 2.45) is 0 Å². The van der Waals surface area contributed by atoms with Crippen LogP contribution in [-0.4, -0.2) is 52.8 Å². The van der Waals surface area contributed by atoms with Gasteiger partial charge in [-0.2, -0.15) is 0 Å². The predicted molar refractivity (Wildman–Crippen MR) is 91.3 cm³/mol. The highest BCUT2D eigenvalue weighted by Gasteiger charge is 2.48. The minimum Gasteiger partial charge on any atom is -0.342 e. The maximum absolute atomic E-state index is 12.7. The van der Waals surface area contributed by atoms with Gasteiger partial charge in [0.1, 0.15) is 12.1 Å². The van der Waals surface area contributed by atoms with Crippen LogP contribution in [-0.2, 0) is 16.0 Å². The fourth-order valence-corrected chi connectivity index (χ4v) is 2.91. The number of hydrogen-bond acceptors (Lipinski definition) is 3. The average Bonchev–Trinajstić information content (AvgIpc) is 2.79. The summed E-state index contributed by atoms with van der Waals surface area (Å²) in [6, 6.07) is 9.33. The molecule has 0 radical (unpaired) electrons. The number of carbonyl (C=O) groups is 3. The second-order valence-corrected chi connectivity index (χ2v) is 6.21. The van der Waals surface area contributed by atoms with Crippen molar-refractivity contribution < 1.29 is 14.4 Å². The van der Waals surface area contributed by atoms with Gasteiger partial charge in [-0.1, -0.05) is 30.3 Å². The summed E-state index contributed by atoms with van der Waals surface area (Å²) in [6.45, 7) is 6.38. The summed E-state index contributed by atoms with van der Waals surface area (Å²) in [5.74, 6) is -0.542. The molecule has 0 saturated carbocycles. The Morgan fingerprint density at radius 2 is 1.79 bits per heavy atom. The van der Waals surface area contributed by atoms with Crippen LogP contribution in [0, 0.1) is 0 Å². The second kappa shape index (κ2) is 7.47. The molecule has 130 valence electrons. The minimum absolute atomic E-state index is 0.201. The molecule has 0 aliphatic carbocycles. The van der Waals surface area contributed by atoms with Crippen molar-refractivity contribution in [3.05, 3.63) is 35.9 Å². The minimum atomic E-state index is -0.962. The van der Waals surface area contributed by atoms with E-state index in [0.29, 0.717) is 25.9 Å². The third-order valence-corrected chi connectivity index (χ3v) is 4.51. The van der Waals surface area contributed by atoms with Gasteiger partial charge in [-0.15, -0.1) is 0 Å². The molecule has 1 heterocycles. The van der Waals surface area contributed by atoms with Crippen LogP contribution < -0.4 is 5.32 Å². The molecule has 1 aliphatic rings. The van der Waals surface area contributed by atoms with Crippen LogP contribution in [0.3, 0.4) is 0 Å². The fraction of sp³-hybridized carbons (Fsp3) is 0.500. The summed E-state index contributed by atoms with van der Waals surface area (Å²) in [5, 5.41) is 2.75. The van der Waals surface area contributed by atoms with Gasteiger partial charge in [-0.05, 0) is 39.2 Å². The number of imide groups is 1. The number of benzene rings is 1. The molecule has 6 nitrogen and oxygen atoms in total. The van der Waals surface area contributed by atoms with Crippen molar-refractivity contribution in [3.8, 4) is 0 Å². The zero-order valence-corrected chi connectivity index (χ0v) is 14.5. The highest BCUT2D eigenvalue weighted by atomic mass is 16.2. The van der Waals surface area contributed by atoms with Crippen molar-refractivity contribution in [2.45, 2.75) is 39.2 Å². The lowest BCUT2D eigenvalue weighted by Crippen LogP contribution is -2.46. The van der Waals surface area contributed by atoms with Gasteiger partial charge in [0, 0.05) is 13.1 Å². The van der Waals surface area contributed by atoms with E-state index in [2.05, 4.69) is 5.32 Å². The summed E-state index contributed by atoms with van der Waals surface area (Å²) in [4.78, 5) is 39.7. The lowest BCUT2D eigenvalue weighted by molar-refractivity contribution is -0.138. The molecule has 0 bridgehead atoms. The molecule has 24 heavy (non-hydrogen) atoms. The number of nitrogens with one attached hydrogen (secondary N) is 1. The van der Waals surface area contributed by atoms with E-state index in [0.717, 1.165) is 10.5 Å². The number of likely N-dealkylation sites (N-methyl/N-ethyl adjacent to an activating group) is 1. The second-order valence-electron chi connectivity index (χ2n) is 6.21. The van der Waals surface area contributed by atoms with Crippen LogP contribution >= 0.6 is 0 Å². The Bertz CT molecular complexity index is 613. The summed E-state index contributed by atoms with van der Waals surface area (Å²) in [5.41, 5.74) is 0.148. The van der Waals surface area contributed by atoms with E-state index in [1.54, 1.807) is 11.8 Å². The molecule has 1 aromatic carbocycles. The van der Waals surface area contributed by atoms with Gasteiger partial charge in [0.05, 0.1) is 0 Å². The van der Waals surface area contributed by atoms with Crippen LogP contribution in [0.1, 0.15) is 32.8 Å². The Labute approximate surface area is 142 Å². The summed E-state index contributed by atoms with van der Waals surface area (Å²) in [6.07, 6.45) is 1.18. The van der Waals surface area contributed by atoms with Gasteiger partial charge in [0.2, 0.25) is 5.91 Å². The van der Waals surface area contributed by atoms with E-state index in [-0.39, 0.29) is 18.4 Å². The Morgan fingerprint density at radius 3 is 2.38 bits per heavy atom. The Kier molecular flexibility index (Phi) is 5.59. The first-order valence-electron chi connectivity index (χ1n) is 8.37. The smallest absolute Gasteiger partial charge is 0.325 e. The molecule has 2 rings (SSSR count). The van der Waals surface area contributed by atoms with E-state index in [4.69, 9.17) is 0 Å². The highest BCUT2D eigenvalue weighted by Crippen LogP contribution is 2.23. The number of amides is 4. The number of aryl methyl sites for hydroxylation is 1. The zero-order chi connectivity index (χ0) is 17.7. The van der Waals surface area contributed by atoms with Gasteiger partial charge in [-0.25, -0.2) is 4.79 Å². The van der Waals surface area contributed by atoms with Crippen LogP contribution in [0.4, 0.5) is 4.79 Å². The average molecular weight is 331 g/mol. The lowest BCUT2D eigenvalue weighted by Gasteiger charge is -2.23. The largest absolute Gasteiger partial charge is 0.342 e. The van der Waals surface area contributed by atoms with Crippen molar-refractivity contribution in [1.82, 2.24) is 15.1 Å². The summed E-state index contributed by atoms with van der Waals surface area (Å²) < 4.78 is 0. The molecule has 4 amide bonds. The van der Waals surface area contributed by atoms with Gasteiger partial charge >= 0.3 is 6.03 Å². The first kappa shape index (κ1) is 18.0. The van der Waals surface area contributed by atoms with E-state index >= 15 is 0 Å². The van der Waals surface area contributed by atoms with E-state index in [1.165, 1.54) is 0 Å². The highest BCUT2D eigenvalue weighted by molar-refractivity contribution is 6.08. The SMILES string of the molecule is CCN(CC)C(=O)CN1C(=O)N[C@](C)(CCc2ccccc2)C1=O. The number of urea groups is 1. The summed E-state index contributed by atoms with van der Waals surface area (Å²) in [7, 11) is 0. The third kappa shape index (κ3) is 3.75. The molecular formula is C18H25N3O3. The third-order valence-electron chi connectivity index (χ3n) is 4.51. The number of rotatable bonds is 7. The van der Waals surface area contributed by atoms with Crippen LogP contribution in [0.2, 0.25) is 0 Å². The number of hydrogen-bond donors (Lipinski definition) is 1. The van der Waals surface area contributed by atoms with E-state index < -0.39 is 11.6 Å². The molecule has 0 spiro atoms. The predicted octanol–water partition coefficient (Wildman–Crippen LogP) is 1.80. The molecule has 0 aromatic heterocycles. The molecule has 1 atom stereocenters. The van der Waals surface area contributed by atoms with Crippen LogP contribution in [0.5, 0.6) is 0 Å². The summed E-state index contributed by atoms with van der Waals surface area (Å²) >= 11 is 0. The monoisotopic (exact) mass is 331 g/mol. The number of nitrogens with zero attached hydrogens (tertiary/aromatic N) is 2. The molecule has 1 N–H and O–H groups in total. The van der Waals surface area contributed by atoms with Gasteiger partial charge in [0.15, 0.2) is 0 Å². The molecule has 6 heteroatoms. The van der Waals surface area contributed by atoms with Gasteiger partial charge < -0.3 is 10.2 Å². The molecule has 0 unspecified atom stereocenters. The normalized spacial score (nSPS) is 20.2. The first-order chi connectivity index (χ1) is 11.4. The topological polar surface area (TPSA) is 69.7 Å². The Hall–Kier alpha value is -2.37.